The van der Waals surface area contributed by atoms with E-state index in [4.69, 9.17) is 9.97 Å². The largest absolute Gasteiger partial charge is 0.309 e. The Labute approximate surface area is 385 Å². The Bertz CT molecular complexity index is 4200. The van der Waals surface area contributed by atoms with Gasteiger partial charge in [-0.15, -0.1) is 0 Å². The highest BCUT2D eigenvalue weighted by molar-refractivity contribution is 6.29. The smallest absolute Gasteiger partial charge is 0.165 e. The van der Waals surface area contributed by atoms with E-state index >= 15 is 0 Å². The summed E-state index contributed by atoms with van der Waals surface area (Å²) in [5.41, 5.74) is 17.3. The fourth-order valence-electron chi connectivity index (χ4n) is 10.7. The van der Waals surface area contributed by atoms with Crippen LogP contribution >= 0.6 is 0 Å². The standard InChI is InChI=1S/C62H39N5/c1-4-18-40(19-5-1)43-36-44(41-20-6-2-7-21-41)38-46(37-43)66-55-31-17-12-26-50(55)60-57(66)35-34-56-59(60)49-25-11-16-30-54(49)65(56)45-32-33-48-47-24-10-15-29-53(47)67(58(48)39-45)62-61(42-22-8-3-9-23-42)63-51-27-13-14-28-52(51)64-62/h1-39H. The average molecular weight is 854 g/mol. The minimum Gasteiger partial charge on any atom is -0.309 e. The van der Waals surface area contributed by atoms with Crippen LogP contribution in [0.4, 0.5) is 0 Å². The van der Waals surface area contributed by atoms with Gasteiger partial charge in [-0.3, -0.25) is 4.57 Å². The van der Waals surface area contributed by atoms with Crippen molar-refractivity contribution in [3.05, 3.63) is 237 Å². The molecular formula is C62H39N5. The Morgan fingerprint density at radius 1 is 0.254 bits per heavy atom. The van der Waals surface area contributed by atoms with Gasteiger partial charge in [0.05, 0.1) is 44.1 Å². The highest BCUT2D eigenvalue weighted by Crippen LogP contribution is 2.44. The maximum Gasteiger partial charge on any atom is 0.165 e. The molecule has 0 atom stereocenters. The second kappa shape index (κ2) is 14.7. The third-order valence-corrected chi connectivity index (χ3v) is 13.6. The number of para-hydroxylation sites is 5. The Morgan fingerprint density at radius 3 is 1.28 bits per heavy atom. The van der Waals surface area contributed by atoms with Crippen LogP contribution in [0.5, 0.6) is 0 Å². The summed E-state index contributed by atoms with van der Waals surface area (Å²) in [6.07, 6.45) is 0. The van der Waals surface area contributed by atoms with Crippen molar-refractivity contribution in [2.75, 3.05) is 0 Å². The Balaban J connectivity index is 1.04. The van der Waals surface area contributed by atoms with Gasteiger partial charge in [0.2, 0.25) is 0 Å². The minimum atomic E-state index is 0.803. The van der Waals surface area contributed by atoms with Crippen molar-refractivity contribution in [3.8, 4) is 50.7 Å². The highest BCUT2D eigenvalue weighted by atomic mass is 15.1. The van der Waals surface area contributed by atoms with Gasteiger partial charge < -0.3 is 9.13 Å². The number of fused-ring (bicyclic) bond motifs is 11. The van der Waals surface area contributed by atoms with E-state index in [0.29, 0.717) is 0 Å². The van der Waals surface area contributed by atoms with E-state index in [0.717, 1.165) is 66.9 Å². The number of hydrogen-bond donors (Lipinski definition) is 0. The molecule has 0 aliphatic heterocycles. The average Bonchev–Trinajstić information content (AvgIpc) is 4.04. The zero-order valence-corrected chi connectivity index (χ0v) is 36.3. The maximum atomic E-state index is 5.41. The molecule has 0 saturated carbocycles. The molecule has 5 nitrogen and oxygen atoms in total. The fourth-order valence-corrected chi connectivity index (χ4v) is 10.7. The second-order valence-electron chi connectivity index (χ2n) is 17.4. The first kappa shape index (κ1) is 37.3. The molecule has 0 amide bonds. The van der Waals surface area contributed by atoms with Crippen LogP contribution in [0.3, 0.4) is 0 Å². The van der Waals surface area contributed by atoms with E-state index in [9.17, 15) is 0 Å². The first-order valence-electron chi connectivity index (χ1n) is 22.8. The lowest BCUT2D eigenvalue weighted by atomic mass is 9.98. The van der Waals surface area contributed by atoms with E-state index in [2.05, 4.69) is 226 Å². The molecule has 0 spiro atoms. The predicted octanol–water partition coefficient (Wildman–Crippen LogP) is 15.9. The number of nitrogens with zero attached hydrogens (tertiary/aromatic N) is 5. The van der Waals surface area contributed by atoms with Gasteiger partial charge in [-0.05, 0) is 95.1 Å². The van der Waals surface area contributed by atoms with Crippen molar-refractivity contribution >= 4 is 76.5 Å². The van der Waals surface area contributed by atoms with Crippen molar-refractivity contribution in [1.82, 2.24) is 23.7 Å². The Kier molecular flexibility index (Phi) is 8.21. The molecule has 0 saturated heterocycles. The molecule has 5 heteroatoms. The molecule has 0 N–H and O–H groups in total. The normalized spacial score (nSPS) is 11.9. The molecule has 0 aliphatic rings. The van der Waals surface area contributed by atoms with Crippen LogP contribution in [-0.2, 0) is 0 Å². The Hall–Kier alpha value is -9.06. The van der Waals surface area contributed by atoms with Crippen LogP contribution in [0.25, 0.3) is 127 Å². The van der Waals surface area contributed by atoms with Gasteiger partial charge in [-0.2, -0.15) is 0 Å². The van der Waals surface area contributed by atoms with Crippen molar-refractivity contribution < 1.29 is 0 Å². The molecule has 0 aliphatic carbocycles. The molecule has 14 rings (SSSR count). The quantitative estimate of drug-likeness (QED) is 0.167. The fraction of sp³-hybridized carbons (Fsp3) is 0. The van der Waals surface area contributed by atoms with Crippen molar-refractivity contribution in [2.24, 2.45) is 0 Å². The van der Waals surface area contributed by atoms with Crippen molar-refractivity contribution in [1.29, 1.82) is 0 Å². The summed E-state index contributed by atoms with van der Waals surface area (Å²) in [5.74, 6) is 0.803. The lowest BCUT2D eigenvalue weighted by Crippen LogP contribution is -2.04. The molecule has 312 valence electrons. The van der Waals surface area contributed by atoms with Gasteiger partial charge in [-0.25, -0.2) is 9.97 Å². The number of aromatic nitrogens is 5. The van der Waals surface area contributed by atoms with Crippen LogP contribution in [0.2, 0.25) is 0 Å². The molecular weight excluding hydrogens is 815 g/mol. The van der Waals surface area contributed by atoms with Gasteiger partial charge in [0.1, 0.15) is 5.69 Å². The molecule has 0 radical (unpaired) electrons. The van der Waals surface area contributed by atoms with Crippen LogP contribution in [-0.4, -0.2) is 23.7 Å². The topological polar surface area (TPSA) is 40.6 Å². The van der Waals surface area contributed by atoms with E-state index in [-0.39, 0.29) is 0 Å². The minimum absolute atomic E-state index is 0.803. The first-order chi connectivity index (χ1) is 33.2. The van der Waals surface area contributed by atoms with E-state index in [1.807, 2.05) is 24.3 Å². The monoisotopic (exact) mass is 853 g/mol. The van der Waals surface area contributed by atoms with E-state index in [1.165, 1.54) is 60.2 Å². The summed E-state index contributed by atoms with van der Waals surface area (Å²) in [5, 5.41) is 7.23. The summed E-state index contributed by atoms with van der Waals surface area (Å²) in [7, 11) is 0. The van der Waals surface area contributed by atoms with Gasteiger partial charge in [0, 0.05) is 49.3 Å². The lowest BCUT2D eigenvalue weighted by Gasteiger charge is -2.15. The van der Waals surface area contributed by atoms with E-state index < -0.39 is 0 Å². The maximum absolute atomic E-state index is 5.41. The summed E-state index contributed by atoms with van der Waals surface area (Å²) >= 11 is 0. The van der Waals surface area contributed by atoms with Gasteiger partial charge in [0.25, 0.3) is 0 Å². The highest BCUT2D eigenvalue weighted by Gasteiger charge is 2.24. The third kappa shape index (κ3) is 5.75. The molecule has 67 heavy (non-hydrogen) atoms. The number of benzene rings is 10. The summed E-state index contributed by atoms with van der Waals surface area (Å²) < 4.78 is 7.24. The van der Waals surface area contributed by atoms with Crippen LogP contribution < -0.4 is 0 Å². The zero-order chi connectivity index (χ0) is 44.0. The molecule has 0 unspecified atom stereocenters. The first-order valence-corrected chi connectivity index (χ1v) is 22.8. The van der Waals surface area contributed by atoms with Crippen molar-refractivity contribution in [2.45, 2.75) is 0 Å². The zero-order valence-electron chi connectivity index (χ0n) is 36.3. The SMILES string of the molecule is c1ccc(-c2cc(-c3ccccc3)cc(-n3c4ccccc4c4c5c6ccccc6n(-c6ccc7c8ccccc8n(-c8nc9ccccc9nc8-c8ccccc8)c7c6)c5ccc43)c2)cc1. The van der Waals surface area contributed by atoms with Crippen molar-refractivity contribution in [3.63, 3.8) is 0 Å². The van der Waals surface area contributed by atoms with Gasteiger partial charge in [-0.1, -0.05) is 164 Å². The molecule has 14 aromatic rings. The van der Waals surface area contributed by atoms with Crippen LogP contribution in [0, 0.1) is 0 Å². The molecule has 0 fully saturated rings. The molecule has 10 aromatic carbocycles. The second-order valence-corrected chi connectivity index (χ2v) is 17.4. The molecule has 0 bridgehead atoms. The molecule has 4 aromatic heterocycles. The summed E-state index contributed by atoms with van der Waals surface area (Å²) in [6, 6.07) is 85.1. The number of rotatable bonds is 6. The van der Waals surface area contributed by atoms with Gasteiger partial charge >= 0.3 is 0 Å². The lowest BCUT2D eigenvalue weighted by molar-refractivity contribution is 1.08. The Morgan fingerprint density at radius 2 is 0.701 bits per heavy atom. The molecule has 4 heterocycles. The van der Waals surface area contributed by atoms with Gasteiger partial charge in [0.15, 0.2) is 5.82 Å². The van der Waals surface area contributed by atoms with Crippen LogP contribution in [0.1, 0.15) is 0 Å². The third-order valence-electron chi connectivity index (χ3n) is 13.6. The summed E-state index contributed by atoms with van der Waals surface area (Å²) in [6.45, 7) is 0. The summed E-state index contributed by atoms with van der Waals surface area (Å²) in [4.78, 5) is 10.7. The van der Waals surface area contributed by atoms with Crippen LogP contribution in [0.15, 0.2) is 237 Å². The van der Waals surface area contributed by atoms with E-state index in [1.54, 1.807) is 0 Å². The predicted molar refractivity (Wildman–Crippen MR) is 279 cm³/mol. The number of hydrogen-bond acceptors (Lipinski definition) is 2.